The van der Waals surface area contributed by atoms with Crippen molar-refractivity contribution >= 4 is 29.0 Å². The number of nitrogens with one attached hydrogen (secondary N) is 3. The quantitative estimate of drug-likeness (QED) is 0.184. The van der Waals surface area contributed by atoms with Gasteiger partial charge < -0.3 is 25.5 Å². The highest BCUT2D eigenvalue weighted by Crippen LogP contribution is 2.41. The Morgan fingerprint density at radius 2 is 1.93 bits per heavy atom. The van der Waals surface area contributed by atoms with Crippen molar-refractivity contribution < 1.29 is 9.52 Å². The molecule has 0 radical (unpaired) electrons. The molecular formula is C32H31ClN8O2. The van der Waals surface area contributed by atoms with Gasteiger partial charge in [0.25, 0.3) is 5.96 Å². The number of guanidine groups is 1. The van der Waals surface area contributed by atoms with Gasteiger partial charge in [0.1, 0.15) is 5.76 Å². The first-order valence-electron chi connectivity index (χ1n) is 13.6. The molecule has 43 heavy (non-hydrogen) atoms. The van der Waals surface area contributed by atoms with Gasteiger partial charge in [0.15, 0.2) is 5.60 Å². The zero-order valence-corrected chi connectivity index (χ0v) is 24.2. The minimum absolute atomic E-state index is 0.436. The Kier molecular flexibility index (Phi) is 7.75. The van der Waals surface area contributed by atoms with E-state index >= 15 is 0 Å². The third-order valence-electron chi connectivity index (χ3n) is 7.50. The predicted octanol–water partition coefficient (Wildman–Crippen LogP) is 4.29. The molecule has 218 valence electrons. The lowest BCUT2D eigenvalue weighted by Crippen LogP contribution is -2.44. The molecule has 2 aliphatic heterocycles. The molecule has 10 nitrogen and oxygen atoms in total. The average molecular weight is 595 g/mol. The van der Waals surface area contributed by atoms with Crippen LogP contribution in [0.15, 0.2) is 124 Å². The Morgan fingerprint density at radius 1 is 1.12 bits per heavy atom. The number of furan rings is 1. The van der Waals surface area contributed by atoms with Gasteiger partial charge in [-0.2, -0.15) is 0 Å². The molecule has 0 amide bonds. The van der Waals surface area contributed by atoms with Gasteiger partial charge in [0, 0.05) is 35.9 Å². The van der Waals surface area contributed by atoms with Crippen molar-refractivity contribution in [1.82, 2.24) is 21.3 Å². The van der Waals surface area contributed by atoms with Gasteiger partial charge in [-0.25, -0.2) is 15.5 Å². The van der Waals surface area contributed by atoms with Gasteiger partial charge in [0.2, 0.25) is 0 Å². The van der Waals surface area contributed by atoms with Crippen molar-refractivity contribution in [1.29, 1.82) is 0 Å². The normalized spacial score (nSPS) is 15.5. The van der Waals surface area contributed by atoms with Crippen molar-refractivity contribution in [2.24, 2.45) is 15.8 Å². The summed E-state index contributed by atoms with van der Waals surface area (Å²) >= 11 is 6.36. The number of anilines is 1. The maximum absolute atomic E-state index is 12.7. The number of aliphatic hydroxyl groups is 1. The van der Waals surface area contributed by atoms with Crippen LogP contribution in [-0.4, -0.2) is 28.7 Å². The lowest BCUT2D eigenvalue weighted by molar-refractivity contribution is 0.0967. The van der Waals surface area contributed by atoms with E-state index in [0.29, 0.717) is 46.6 Å². The molecule has 0 bridgehead atoms. The smallest absolute Gasteiger partial charge is 0.265 e. The van der Waals surface area contributed by atoms with Crippen molar-refractivity contribution in [2.75, 3.05) is 12.1 Å². The van der Waals surface area contributed by atoms with Crippen LogP contribution < -0.4 is 27.1 Å². The van der Waals surface area contributed by atoms with E-state index in [0.717, 1.165) is 28.1 Å². The fraction of sp³-hybridized carbons (Fsp3) is 0.125. The summed E-state index contributed by atoms with van der Waals surface area (Å²) in [4.78, 5) is 6.52. The predicted molar refractivity (Wildman–Crippen MR) is 169 cm³/mol. The molecular weight excluding hydrogens is 564 g/mol. The Bertz CT molecular complexity index is 1730. The highest BCUT2D eigenvalue weighted by Gasteiger charge is 2.40. The van der Waals surface area contributed by atoms with Crippen LogP contribution in [0.5, 0.6) is 0 Å². The van der Waals surface area contributed by atoms with E-state index in [2.05, 4.69) is 28.1 Å². The number of nitrogens with two attached hydrogens (primary N) is 1. The summed E-state index contributed by atoms with van der Waals surface area (Å²) in [5.41, 5.74) is 16.1. The number of hydrazine groups is 2. The molecule has 3 heterocycles. The first-order valence-corrected chi connectivity index (χ1v) is 14.0. The van der Waals surface area contributed by atoms with Crippen LogP contribution in [-0.2, 0) is 18.7 Å². The number of hydrogen-bond acceptors (Lipinski definition) is 10. The van der Waals surface area contributed by atoms with Crippen LogP contribution in [0.1, 0.15) is 33.6 Å². The fourth-order valence-corrected chi connectivity index (χ4v) is 5.48. The van der Waals surface area contributed by atoms with Crippen LogP contribution >= 0.6 is 11.6 Å². The van der Waals surface area contributed by atoms with Gasteiger partial charge >= 0.3 is 0 Å². The van der Waals surface area contributed by atoms with Crippen LogP contribution in [0, 0.1) is 0 Å². The monoisotopic (exact) mass is 594 g/mol. The van der Waals surface area contributed by atoms with Gasteiger partial charge in [-0.05, 0) is 59.3 Å². The number of hydrogen-bond donors (Lipinski definition) is 5. The first kappa shape index (κ1) is 28.3. The lowest BCUT2D eigenvalue weighted by atomic mass is 9.81. The van der Waals surface area contributed by atoms with E-state index in [4.69, 9.17) is 26.7 Å². The molecule has 6 N–H and O–H groups in total. The molecule has 11 heteroatoms. The van der Waals surface area contributed by atoms with E-state index in [1.54, 1.807) is 29.4 Å². The average Bonchev–Trinajstić information content (AvgIpc) is 3.73. The summed E-state index contributed by atoms with van der Waals surface area (Å²) in [6.45, 7) is 5.14. The minimum atomic E-state index is -1.64. The van der Waals surface area contributed by atoms with Crippen molar-refractivity contribution in [3.05, 3.63) is 148 Å². The highest BCUT2D eigenvalue weighted by molar-refractivity contribution is 6.32. The number of likely N-dealkylation sites (N-methyl/N-ethyl adjacent to an activating group) is 1. The van der Waals surface area contributed by atoms with Crippen molar-refractivity contribution in [3.8, 4) is 0 Å². The van der Waals surface area contributed by atoms with Crippen LogP contribution in [0.3, 0.4) is 0 Å². The second-order valence-corrected chi connectivity index (χ2v) is 10.5. The zero-order chi connectivity index (χ0) is 30.0. The Labute approximate surface area is 254 Å². The van der Waals surface area contributed by atoms with Gasteiger partial charge in [-0.15, -0.1) is 10.6 Å². The Balaban J connectivity index is 1.42. The molecule has 3 aromatic carbocycles. The van der Waals surface area contributed by atoms with E-state index in [1.807, 2.05) is 78.9 Å². The van der Waals surface area contributed by atoms with E-state index < -0.39 is 5.60 Å². The van der Waals surface area contributed by atoms with Crippen LogP contribution in [0.25, 0.3) is 0 Å². The van der Waals surface area contributed by atoms with Crippen molar-refractivity contribution in [2.45, 2.75) is 18.7 Å². The number of rotatable bonds is 10. The zero-order valence-electron chi connectivity index (χ0n) is 23.5. The topological polar surface area (TPSA) is 127 Å². The number of aliphatic imine (C=N–C) groups is 1. The van der Waals surface area contributed by atoms with Gasteiger partial charge in [-0.1, -0.05) is 60.6 Å². The third kappa shape index (κ3) is 5.28. The molecule has 0 aliphatic carbocycles. The number of fused-ring (bicyclic) bond motifs is 3. The first-order chi connectivity index (χ1) is 20.9. The molecule has 1 atom stereocenters. The third-order valence-corrected chi connectivity index (χ3v) is 7.74. The molecule has 0 saturated carbocycles. The molecule has 2 aliphatic rings. The standard InChI is InChI=1S/C32H31ClN8O2/c1-3-40(2)29(18-34)32(42,23-11-9-21(10-12-23)19-35-20-26-8-5-15-43-26)24-13-14-28-27(17-24)30(22-6-4-7-25(33)16-22)36-31-37-38-39-41(28)31/h3-18,35,38-39,42H,1,19-20,34H2,2H3/b29-18-. The van der Waals surface area contributed by atoms with E-state index in [-0.39, 0.29) is 0 Å². The molecule has 0 fully saturated rings. The number of halogens is 1. The van der Waals surface area contributed by atoms with Crippen molar-refractivity contribution in [3.63, 3.8) is 0 Å². The van der Waals surface area contributed by atoms with Crippen LogP contribution in [0.4, 0.5) is 5.69 Å². The highest BCUT2D eigenvalue weighted by atomic mass is 35.5. The molecule has 1 unspecified atom stereocenters. The van der Waals surface area contributed by atoms with Crippen LogP contribution in [0.2, 0.25) is 5.02 Å². The molecule has 4 aromatic rings. The summed E-state index contributed by atoms with van der Waals surface area (Å²) in [6, 6.07) is 24.8. The fourth-order valence-electron chi connectivity index (χ4n) is 5.29. The minimum Gasteiger partial charge on any atom is -0.468 e. The maximum atomic E-state index is 12.7. The van der Waals surface area contributed by atoms with E-state index in [9.17, 15) is 5.11 Å². The summed E-state index contributed by atoms with van der Waals surface area (Å²) in [5, 5.41) is 22.7. The second-order valence-electron chi connectivity index (χ2n) is 10.1. The summed E-state index contributed by atoms with van der Waals surface area (Å²) in [5.74, 6) is 1.32. The number of hydrazone groups is 1. The van der Waals surface area contributed by atoms with E-state index in [1.165, 1.54) is 6.20 Å². The Hall–Kier alpha value is -4.87. The molecule has 6 rings (SSSR count). The molecule has 0 saturated heterocycles. The SMILES string of the molecule is C=CN(C)/C(=C\N)C(O)(c1ccc(CNCc2ccco2)cc1)c1ccc2c(c1)C(c1cccc(Cl)c1)=NC1=NNNN12. The number of nitrogens with zero attached hydrogens (tertiary/aromatic N) is 4. The summed E-state index contributed by atoms with van der Waals surface area (Å²) in [6.07, 6.45) is 4.67. The molecule has 1 aromatic heterocycles. The summed E-state index contributed by atoms with van der Waals surface area (Å²) in [7, 11) is 1.80. The molecule has 0 spiro atoms. The van der Waals surface area contributed by atoms with Gasteiger partial charge in [0.05, 0.1) is 29.9 Å². The summed E-state index contributed by atoms with van der Waals surface area (Å²) < 4.78 is 5.40. The second kappa shape index (κ2) is 11.8. The van der Waals surface area contributed by atoms with Gasteiger partial charge in [-0.3, -0.25) is 0 Å². The largest absolute Gasteiger partial charge is 0.468 e. The Morgan fingerprint density at radius 3 is 2.65 bits per heavy atom. The number of benzene rings is 3. The lowest BCUT2D eigenvalue weighted by Gasteiger charge is -2.37. The maximum Gasteiger partial charge on any atom is 0.265 e.